The standard InChI is InChI=1S/C17H30N2O4/c1-6-12(2)14-11-22-16(21)19(14)13-7-9-18(10-8-13)15(20)23-17(3,4)5/h12-14H,6-11H2,1-5H3/t12-,14+/m0/s1. The van der Waals surface area contributed by atoms with Crippen molar-refractivity contribution in [2.24, 2.45) is 5.92 Å². The molecule has 0 saturated carbocycles. The van der Waals surface area contributed by atoms with Crippen molar-refractivity contribution in [3.63, 3.8) is 0 Å². The molecule has 0 aromatic carbocycles. The van der Waals surface area contributed by atoms with E-state index in [1.807, 2.05) is 25.7 Å². The first-order chi connectivity index (χ1) is 10.7. The van der Waals surface area contributed by atoms with E-state index in [-0.39, 0.29) is 24.3 Å². The van der Waals surface area contributed by atoms with Crippen molar-refractivity contribution >= 4 is 12.2 Å². The number of nitrogens with zero attached hydrogens (tertiary/aromatic N) is 2. The third kappa shape index (κ3) is 4.30. The Morgan fingerprint density at radius 3 is 2.48 bits per heavy atom. The molecule has 2 saturated heterocycles. The number of carbonyl (C=O) groups excluding carboxylic acids is 2. The van der Waals surface area contributed by atoms with Gasteiger partial charge in [-0.3, -0.25) is 4.90 Å². The summed E-state index contributed by atoms with van der Waals surface area (Å²) in [7, 11) is 0. The monoisotopic (exact) mass is 326 g/mol. The second kappa shape index (κ2) is 6.97. The van der Waals surface area contributed by atoms with Crippen LogP contribution in [0.25, 0.3) is 0 Å². The van der Waals surface area contributed by atoms with Gasteiger partial charge in [-0.05, 0) is 39.5 Å². The molecule has 2 fully saturated rings. The molecule has 2 atom stereocenters. The lowest BCUT2D eigenvalue weighted by Gasteiger charge is -2.39. The van der Waals surface area contributed by atoms with Crippen LogP contribution in [0.15, 0.2) is 0 Å². The molecule has 132 valence electrons. The van der Waals surface area contributed by atoms with Crippen LogP contribution in [0.2, 0.25) is 0 Å². The van der Waals surface area contributed by atoms with Crippen molar-refractivity contribution in [2.75, 3.05) is 19.7 Å². The summed E-state index contributed by atoms with van der Waals surface area (Å²) < 4.78 is 10.7. The SMILES string of the molecule is CC[C@H](C)[C@H]1COC(=O)N1C1CCN(C(=O)OC(C)(C)C)CC1. The van der Waals surface area contributed by atoms with Crippen molar-refractivity contribution in [1.82, 2.24) is 9.80 Å². The Balaban J connectivity index is 1.93. The predicted molar refractivity (Wildman–Crippen MR) is 87.3 cm³/mol. The molecule has 0 spiro atoms. The highest BCUT2D eigenvalue weighted by atomic mass is 16.6. The number of carbonyl (C=O) groups is 2. The maximum absolute atomic E-state index is 12.1. The average Bonchev–Trinajstić information content (AvgIpc) is 2.86. The fraction of sp³-hybridized carbons (Fsp3) is 0.882. The lowest BCUT2D eigenvalue weighted by Crippen LogP contribution is -2.51. The highest BCUT2D eigenvalue weighted by molar-refractivity contribution is 5.71. The van der Waals surface area contributed by atoms with Gasteiger partial charge < -0.3 is 14.4 Å². The molecular weight excluding hydrogens is 296 g/mol. The smallest absolute Gasteiger partial charge is 0.410 e. The third-order valence-corrected chi connectivity index (χ3v) is 4.76. The highest BCUT2D eigenvalue weighted by Gasteiger charge is 2.42. The zero-order valence-electron chi connectivity index (χ0n) is 15.0. The molecule has 2 heterocycles. The van der Waals surface area contributed by atoms with Gasteiger partial charge in [-0.15, -0.1) is 0 Å². The van der Waals surface area contributed by atoms with Crippen LogP contribution in [0.3, 0.4) is 0 Å². The van der Waals surface area contributed by atoms with E-state index in [1.165, 1.54) is 0 Å². The first-order valence-electron chi connectivity index (χ1n) is 8.66. The summed E-state index contributed by atoms with van der Waals surface area (Å²) in [6.45, 7) is 11.6. The maximum Gasteiger partial charge on any atom is 0.410 e. The second-order valence-corrected chi connectivity index (χ2v) is 7.64. The number of likely N-dealkylation sites (tertiary alicyclic amines) is 1. The summed E-state index contributed by atoms with van der Waals surface area (Å²) in [4.78, 5) is 27.9. The molecule has 0 radical (unpaired) electrons. The summed E-state index contributed by atoms with van der Waals surface area (Å²) in [6, 6.07) is 0.313. The van der Waals surface area contributed by atoms with Gasteiger partial charge in [-0.25, -0.2) is 9.59 Å². The van der Waals surface area contributed by atoms with Gasteiger partial charge in [0, 0.05) is 19.1 Å². The Labute approximate surface area is 139 Å². The molecule has 2 amide bonds. The number of ether oxygens (including phenoxy) is 2. The van der Waals surface area contributed by atoms with Gasteiger partial charge in [-0.2, -0.15) is 0 Å². The molecule has 6 nitrogen and oxygen atoms in total. The van der Waals surface area contributed by atoms with Crippen LogP contribution in [0.1, 0.15) is 53.9 Å². The number of hydrogen-bond acceptors (Lipinski definition) is 4. The van der Waals surface area contributed by atoms with E-state index >= 15 is 0 Å². The normalized spacial score (nSPS) is 24.6. The molecule has 0 N–H and O–H groups in total. The van der Waals surface area contributed by atoms with Crippen LogP contribution < -0.4 is 0 Å². The first-order valence-corrected chi connectivity index (χ1v) is 8.66. The Kier molecular flexibility index (Phi) is 5.42. The number of cyclic esters (lactones) is 1. The zero-order valence-corrected chi connectivity index (χ0v) is 15.0. The van der Waals surface area contributed by atoms with Gasteiger partial charge in [0.15, 0.2) is 0 Å². The van der Waals surface area contributed by atoms with Crippen LogP contribution >= 0.6 is 0 Å². The fourth-order valence-electron chi connectivity index (χ4n) is 3.23. The quantitative estimate of drug-likeness (QED) is 0.799. The van der Waals surface area contributed by atoms with Crippen molar-refractivity contribution in [3.05, 3.63) is 0 Å². The second-order valence-electron chi connectivity index (χ2n) is 7.64. The average molecular weight is 326 g/mol. The summed E-state index contributed by atoms with van der Waals surface area (Å²) >= 11 is 0. The lowest BCUT2D eigenvalue weighted by atomic mass is 9.95. The minimum absolute atomic E-state index is 0.155. The van der Waals surface area contributed by atoms with Gasteiger partial charge in [0.2, 0.25) is 0 Å². The van der Waals surface area contributed by atoms with Crippen molar-refractivity contribution < 1.29 is 19.1 Å². The number of rotatable bonds is 3. The zero-order chi connectivity index (χ0) is 17.2. The van der Waals surface area contributed by atoms with Crippen LogP contribution in [0.4, 0.5) is 9.59 Å². The number of piperidine rings is 1. The van der Waals surface area contributed by atoms with Crippen molar-refractivity contribution in [1.29, 1.82) is 0 Å². The largest absolute Gasteiger partial charge is 0.447 e. The Bertz CT molecular complexity index is 438. The molecule has 23 heavy (non-hydrogen) atoms. The Hall–Kier alpha value is -1.46. The molecule has 2 aliphatic rings. The van der Waals surface area contributed by atoms with E-state index < -0.39 is 5.60 Å². The first kappa shape index (κ1) is 17.9. The topological polar surface area (TPSA) is 59.1 Å². The van der Waals surface area contributed by atoms with Gasteiger partial charge in [-0.1, -0.05) is 20.3 Å². The van der Waals surface area contributed by atoms with E-state index in [1.54, 1.807) is 4.90 Å². The summed E-state index contributed by atoms with van der Waals surface area (Å²) in [5.74, 6) is 0.422. The fourth-order valence-corrected chi connectivity index (χ4v) is 3.23. The molecule has 0 aromatic rings. The molecule has 6 heteroatoms. The van der Waals surface area contributed by atoms with Crippen LogP contribution in [0, 0.1) is 5.92 Å². The Morgan fingerprint density at radius 1 is 1.35 bits per heavy atom. The van der Waals surface area contributed by atoms with Crippen LogP contribution in [-0.2, 0) is 9.47 Å². The molecule has 0 bridgehead atoms. The summed E-state index contributed by atoms with van der Waals surface area (Å²) in [6.07, 6.45) is 2.11. The van der Waals surface area contributed by atoms with Gasteiger partial charge >= 0.3 is 12.2 Å². The van der Waals surface area contributed by atoms with Crippen molar-refractivity contribution in [3.8, 4) is 0 Å². The van der Waals surface area contributed by atoms with Gasteiger partial charge in [0.05, 0.1) is 6.04 Å². The third-order valence-electron chi connectivity index (χ3n) is 4.76. The van der Waals surface area contributed by atoms with E-state index in [2.05, 4.69) is 13.8 Å². The van der Waals surface area contributed by atoms with Gasteiger partial charge in [0.1, 0.15) is 12.2 Å². The predicted octanol–water partition coefficient (Wildman–Crippen LogP) is 3.25. The lowest BCUT2D eigenvalue weighted by molar-refractivity contribution is 0.0148. The molecular formula is C17H30N2O4. The van der Waals surface area contributed by atoms with Gasteiger partial charge in [0.25, 0.3) is 0 Å². The highest BCUT2D eigenvalue weighted by Crippen LogP contribution is 2.29. The minimum Gasteiger partial charge on any atom is -0.447 e. The van der Waals surface area contributed by atoms with E-state index in [9.17, 15) is 9.59 Å². The molecule has 2 rings (SSSR count). The number of amides is 2. The maximum atomic E-state index is 12.1. The molecule has 0 aliphatic carbocycles. The molecule has 2 aliphatic heterocycles. The summed E-state index contributed by atoms with van der Waals surface area (Å²) in [5.41, 5.74) is -0.478. The number of hydrogen-bond donors (Lipinski definition) is 0. The van der Waals surface area contributed by atoms with Crippen LogP contribution in [0.5, 0.6) is 0 Å². The van der Waals surface area contributed by atoms with Crippen molar-refractivity contribution in [2.45, 2.75) is 71.6 Å². The van der Waals surface area contributed by atoms with E-state index in [0.717, 1.165) is 19.3 Å². The Morgan fingerprint density at radius 2 is 1.96 bits per heavy atom. The van der Waals surface area contributed by atoms with E-state index in [0.29, 0.717) is 25.6 Å². The molecule has 0 aromatic heterocycles. The minimum atomic E-state index is -0.478. The van der Waals surface area contributed by atoms with E-state index in [4.69, 9.17) is 9.47 Å². The molecule has 0 unspecified atom stereocenters. The summed E-state index contributed by atoms with van der Waals surface area (Å²) in [5, 5.41) is 0. The van der Waals surface area contributed by atoms with Crippen LogP contribution in [-0.4, -0.2) is 59.4 Å².